The maximum Gasteiger partial charge on any atom is 0.262 e. The van der Waals surface area contributed by atoms with Crippen LogP contribution >= 0.6 is 0 Å². The van der Waals surface area contributed by atoms with Crippen molar-refractivity contribution in [2.75, 3.05) is 27.3 Å². The number of nitrogens with zero attached hydrogens (tertiary/aromatic N) is 2. The molecule has 4 amide bonds. The Morgan fingerprint density at radius 2 is 0.885 bits per heavy atom. The quantitative estimate of drug-likeness (QED) is 0.108. The van der Waals surface area contributed by atoms with Crippen molar-refractivity contribution in [1.29, 1.82) is 0 Å². The summed E-state index contributed by atoms with van der Waals surface area (Å²) in [4.78, 5) is 61.8. The van der Waals surface area contributed by atoms with Crippen molar-refractivity contribution in [3.63, 3.8) is 0 Å². The van der Waals surface area contributed by atoms with Crippen molar-refractivity contribution < 1.29 is 28.7 Å². The van der Waals surface area contributed by atoms with Gasteiger partial charge in [-0.1, -0.05) is 90.5 Å². The number of hydrogen-bond acceptors (Lipinski definition) is 6. The summed E-state index contributed by atoms with van der Waals surface area (Å²) >= 11 is 0. The lowest BCUT2D eigenvalue weighted by Gasteiger charge is -2.36. The van der Waals surface area contributed by atoms with Gasteiger partial charge in [-0.25, -0.2) is 0 Å². The molecule has 2 atom stereocenters. The molecule has 0 spiro atoms. The van der Waals surface area contributed by atoms with Gasteiger partial charge < -0.3 is 9.47 Å². The van der Waals surface area contributed by atoms with Gasteiger partial charge in [0.05, 0.1) is 25.3 Å². The van der Waals surface area contributed by atoms with Gasteiger partial charge in [0.25, 0.3) is 23.6 Å². The summed E-state index contributed by atoms with van der Waals surface area (Å²) in [5.41, 5.74) is 3.87. The monoisotopic (exact) mass is 702 g/mol. The number of hydrogen-bond donors (Lipinski definition) is 0. The molecule has 8 heteroatoms. The molecule has 4 aromatic carbocycles. The minimum Gasteiger partial charge on any atom is -0.497 e. The van der Waals surface area contributed by atoms with E-state index in [-0.39, 0.29) is 11.8 Å². The van der Waals surface area contributed by atoms with Crippen LogP contribution in [-0.2, 0) is 0 Å². The maximum absolute atomic E-state index is 14.8. The largest absolute Gasteiger partial charge is 0.497 e. The molecule has 0 saturated heterocycles. The Bertz CT molecular complexity index is 1850. The normalized spacial score (nSPS) is 15.0. The lowest BCUT2D eigenvalue weighted by molar-refractivity contribution is 0.0559. The Kier molecular flexibility index (Phi) is 11.1. The van der Waals surface area contributed by atoms with Crippen LogP contribution < -0.4 is 9.47 Å². The standard InChI is InChI=1S/C44H50N2O6/c1-7-11-13-27(9-3)25-45-41(47)35-23-34(30-17-21-32(52-6)22-18-30)40-38-36(42(48)46(44(40)50)26-28(10-4)14-12-8-2)24-33(39(37(35)38)43(45)49)29-15-19-31(51-5)20-16-29/h15-24,27-28H,7-14,25-26H2,1-6H3. The van der Waals surface area contributed by atoms with E-state index in [0.717, 1.165) is 51.4 Å². The van der Waals surface area contributed by atoms with E-state index in [4.69, 9.17) is 9.47 Å². The molecule has 8 nitrogen and oxygen atoms in total. The highest BCUT2D eigenvalue weighted by Crippen LogP contribution is 2.47. The van der Waals surface area contributed by atoms with Crippen LogP contribution in [0, 0.1) is 11.8 Å². The Hall–Kier alpha value is -4.98. The van der Waals surface area contributed by atoms with E-state index in [0.29, 0.717) is 79.9 Å². The molecule has 0 bridgehead atoms. The average Bonchev–Trinajstić information content (AvgIpc) is 3.18. The van der Waals surface area contributed by atoms with Gasteiger partial charge in [0.2, 0.25) is 0 Å². The summed E-state index contributed by atoms with van der Waals surface area (Å²) in [5, 5.41) is 0.755. The zero-order valence-electron chi connectivity index (χ0n) is 31.3. The van der Waals surface area contributed by atoms with Crippen LogP contribution in [-0.4, -0.2) is 60.7 Å². The number of ether oxygens (including phenoxy) is 2. The highest BCUT2D eigenvalue weighted by Gasteiger charge is 2.43. The Balaban J connectivity index is 1.66. The van der Waals surface area contributed by atoms with E-state index in [1.54, 1.807) is 26.4 Å². The molecule has 2 aliphatic heterocycles. The lowest BCUT2D eigenvalue weighted by atomic mass is 9.78. The summed E-state index contributed by atoms with van der Waals surface area (Å²) in [7, 11) is 3.19. The zero-order valence-corrected chi connectivity index (χ0v) is 31.3. The molecule has 2 aliphatic rings. The molecule has 0 aliphatic carbocycles. The van der Waals surface area contributed by atoms with Gasteiger partial charge in [-0.3, -0.25) is 29.0 Å². The second kappa shape index (κ2) is 15.7. The molecular weight excluding hydrogens is 652 g/mol. The van der Waals surface area contributed by atoms with Crippen molar-refractivity contribution in [3.05, 3.63) is 82.9 Å². The zero-order chi connectivity index (χ0) is 37.1. The van der Waals surface area contributed by atoms with Crippen molar-refractivity contribution in [3.8, 4) is 33.8 Å². The van der Waals surface area contributed by atoms with E-state index in [9.17, 15) is 19.2 Å². The molecule has 6 rings (SSSR count). The molecule has 0 fully saturated rings. The van der Waals surface area contributed by atoms with Crippen LogP contribution in [0.5, 0.6) is 11.5 Å². The fourth-order valence-corrected chi connectivity index (χ4v) is 7.84. The third kappa shape index (κ3) is 6.59. The van der Waals surface area contributed by atoms with Crippen molar-refractivity contribution in [2.45, 2.75) is 79.1 Å². The van der Waals surface area contributed by atoms with E-state index in [2.05, 4.69) is 27.7 Å². The highest BCUT2D eigenvalue weighted by atomic mass is 16.5. The van der Waals surface area contributed by atoms with Crippen LogP contribution in [0.25, 0.3) is 33.0 Å². The summed E-state index contributed by atoms with van der Waals surface area (Å²) in [6.45, 7) is 9.05. The fraction of sp³-hybridized carbons (Fsp3) is 0.409. The Labute approximate surface area is 307 Å². The highest BCUT2D eigenvalue weighted by molar-refractivity contribution is 6.36. The number of benzene rings is 4. The number of unbranched alkanes of at least 4 members (excludes halogenated alkanes) is 2. The van der Waals surface area contributed by atoms with Crippen molar-refractivity contribution >= 4 is 34.4 Å². The van der Waals surface area contributed by atoms with E-state index in [1.165, 1.54) is 9.80 Å². The minimum absolute atomic E-state index is 0.142. The molecule has 0 saturated carbocycles. The second-order valence-corrected chi connectivity index (χ2v) is 14.2. The molecular formula is C44H50N2O6. The Morgan fingerprint density at radius 3 is 1.19 bits per heavy atom. The number of carbonyl (C=O) groups excluding carboxylic acids is 4. The molecule has 2 unspecified atom stereocenters. The second-order valence-electron chi connectivity index (χ2n) is 14.2. The van der Waals surface area contributed by atoms with Gasteiger partial charge in [0, 0.05) is 35.0 Å². The van der Waals surface area contributed by atoms with Gasteiger partial charge in [0.15, 0.2) is 0 Å². The first-order valence-electron chi connectivity index (χ1n) is 18.9. The first-order valence-corrected chi connectivity index (χ1v) is 18.9. The summed E-state index contributed by atoms with van der Waals surface area (Å²) in [6, 6.07) is 18.3. The van der Waals surface area contributed by atoms with E-state index >= 15 is 0 Å². The van der Waals surface area contributed by atoms with Crippen LogP contribution in [0.4, 0.5) is 0 Å². The summed E-state index contributed by atoms with van der Waals surface area (Å²) in [5.74, 6) is -0.0163. The van der Waals surface area contributed by atoms with Gasteiger partial charge in [-0.2, -0.15) is 0 Å². The van der Waals surface area contributed by atoms with Crippen LogP contribution in [0.3, 0.4) is 0 Å². The summed E-state index contributed by atoms with van der Waals surface area (Å²) in [6.07, 6.45) is 7.52. The van der Waals surface area contributed by atoms with Crippen LogP contribution in [0.2, 0.25) is 0 Å². The molecule has 0 aromatic heterocycles. The third-order valence-corrected chi connectivity index (χ3v) is 11.0. The number of methoxy groups -OCH3 is 2. The molecule has 0 N–H and O–H groups in total. The maximum atomic E-state index is 14.8. The smallest absolute Gasteiger partial charge is 0.262 e. The topological polar surface area (TPSA) is 93.2 Å². The van der Waals surface area contributed by atoms with Crippen molar-refractivity contribution in [1.82, 2.24) is 9.80 Å². The average molecular weight is 703 g/mol. The number of amides is 4. The predicted octanol–water partition coefficient (Wildman–Crippen LogP) is 9.82. The lowest BCUT2D eigenvalue weighted by Crippen LogP contribution is -2.46. The van der Waals surface area contributed by atoms with Crippen LogP contribution in [0.1, 0.15) is 120 Å². The summed E-state index contributed by atoms with van der Waals surface area (Å²) < 4.78 is 10.9. The SMILES string of the molecule is CCCCC(CC)CN1C(=O)c2cc(-c3ccc(OC)cc3)c3c4c(cc(-c5ccc(OC)cc5)c(c24)C1=O)C(=O)N(CC(CC)CCCC)C3=O. The van der Waals surface area contributed by atoms with Gasteiger partial charge in [0.1, 0.15) is 11.5 Å². The van der Waals surface area contributed by atoms with E-state index < -0.39 is 23.6 Å². The van der Waals surface area contributed by atoms with Crippen molar-refractivity contribution in [2.24, 2.45) is 11.8 Å². The minimum atomic E-state index is -0.403. The third-order valence-electron chi connectivity index (χ3n) is 11.0. The fourth-order valence-electron chi connectivity index (χ4n) is 7.84. The molecule has 52 heavy (non-hydrogen) atoms. The van der Waals surface area contributed by atoms with Gasteiger partial charge in [-0.15, -0.1) is 0 Å². The van der Waals surface area contributed by atoms with E-state index in [1.807, 2.05) is 48.5 Å². The number of carbonyl (C=O) groups is 4. The first kappa shape index (κ1) is 36.8. The Morgan fingerprint density at radius 1 is 0.519 bits per heavy atom. The van der Waals surface area contributed by atoms with Crippen LogP contribution in [0.15, 0.2) is 60.7 Å². The van der Waals surface area contributed by atoms with Gasteiger partial charge in [-0.05, 0) is 83.3 Å². The van der Waals surface area contributed by atoms with Gasteiger partial charge >= 0.3 is 0 Å². The molecule has 4 aromatic rings. The number of rotatable bonds is 16. The number of imide groups is 2. The molecule has 0 radical (unpaired) electrons. The first-order chi connectivity index (χ1) is 25.2. The predicted molar refractivity (Wildman–Crippen MR) is 205 cm³/mol. The molecule has 2 heterocycles. The molecule has 272 valence electrons.